The second kappa shape index (κ2) is 6.54. The van der Waals surface area contributed by atoms with Crippen LogP contribution < -0.4 is 0 Å². The van der Waals surface area contributed by atoms with Gasteiger partial charge >= 0.3 is 0 Å². The molecule has 4 aromatic rings. The second-order valence-corrected chi connectivity index (χ2v) is 8.17. The normalized spacial score (nSPS) is 27.9. The minimum absolute atomic E-state index is 1.19. The standard InChI is InChI=1S/C18H12.C6H12N4/c1-2-8-14-13(7-1)15-9-3-4-11-17(15)18-12-6-5-10-16(14)18;1-7-2-9-4-8(1)5-10(3-7)6-9/h1-12H;1-6H2. The van der Waals surface area contributed by atoms with Gasteiger partial charge in [-0.2, -0.15) is 0 Å². The van der Waals surface area contributed by atoms with Crippen LogP contribution in [0.3, 0.4) is 0 Å². The maximum absolute atomic E-state index is 2.47. The molecule has 4 heterocycles. The number of hydrogen-bond acceptors (Lipinski definition) is 4. The molecule has 0 saturated carbocycles. The van der Waals surface area contributed by atoms with Gasteiger partial charge in [0.1, 0.15) is 0 Å². The molecule has 0 aliphatic carbocycles. The van der Waals surface area contributed by atoms with Crippen LogP contribution in [-0.4, -0.2) is 59.6 Å². The van der Waals surface area contributed by atoms with Gasteiger partial charge in [0.25, 0.3) is 0 Å². The summed E-state index contributed by atoms with van der Waals surface area (Å²) in [6.45, 7) is 7.12. The first-order valence-corrected chi connectivity index (χ1v) is 10.0. The Morgan fingerprint density at radius 3 is 0.679 bits per heavy atom. The molecule has 0 radical (unpaired) electrons. The van der Waals surface area contributed by atoms with Crippen LogP contribution in [-0.2, 0) is 0 Å². The van der Waals surface area contributed by atoms with E-state index in [4.69, 9.17) is 0 Å². The van der Waals surface area contributed by atoms with Gasteiger partial charge in [-0.1, -0.05) is 72.8 Å². The van der Waals surface area contributed by atoms with Crippen molar-refractivity contribution in [1.29, 1.82) is 0 Å². The molecule has 4 bridgehead atoms. The van der Waals surface area contributed by atoms with Crippen LogP contribution in [0, 0.1) is 0 Å². The topological polar surface area (TPSA) is 13.0 Å². The molecule has 0 aromatic heterocycles. The summed E-state index contributed by atoms with van der Waals surface area (Å²) in [7, 11) is 0. The Bertz CT molecular complexity index is 892. The Morgan fingerprint density at radius 1 is 0.321 bits per heavy atom. The van der Waals surface area contributed by atoms with Crippen molar-refractivity contribution in [1.82, 2.24) is 19.6 Å². The minimum Gasteiger partial charge on any atom is -0.264 e. The molecule has 4 fully saturated rings. The van der Waals surface area contributed by atoms with E-state index in [1.165, 1.54) is 72.3 Å². The monoisotopic (exact) mass is 368 g/mol. The SMILES string of the molecule is C1N2CN3CN1CN(C2)C3.c1ccc2c(c1)c1ccccc1c1ccccc21. The van der Waals surface area contributed by atoms with Crippen molar-refractivity contribution in [2.75, 3.05) is 40.0 Å². The molecule has 0 spiro atoms. The van der Waals surface area contributed by atoms with Gasteiger partial charge in [0.2, 0.25) is 0 Å². The Balaban J connectivity index is 0.000000130. The summed E-state index contributed by atoms with van der Waals surface area (Å²) >= 11 is 0. The van der Waals surface area contributed by atoms with Crippen molar-refractivity contribution in [3.8, 4) is 0 Å². The van der Waals surface area contributed by atoms with Crippen molar-refractivity contribution < 1.29 is 0 Å². The number of benzene rings is 4. The third-order valence-electron chi connectivity index (χ3n) is 6.05. The second-order valence-electron chi connectivity index (χ2n) is 8.17. The van der Waals surface area contributed by atoms with E-state index >= 15 is 0 Å². The lowest BCUT2D eigenvalue weighted by atomic mass is 9.95. The maximum atomic E-state index is 2.47. The molecular formula is C24H24N4. The van der Waals surface area contributed by atoms with E-state index in [2.05, 4.69) is 92.4 Å². The number of hydrogen-bond donors (Lipinski definition) is 0. The summed E-state index contributed by atoms with van der Waals surface area (Å²) in [6.07, 6.45) is 0. The van der Waals surface area contributed by atoms with Gasteiger partial charge in [0.05, 0.1) is 40.0 Å². The highest BCUT2D eigenvalue weighted by molar-refractivity contribution is 6.25. The molecule has 8 rings (SSSR count). The molecule has 140 valence electrons. The third kappa shape index (κ3) is 2.69. The van der Waals surface area contributed by atoms with Crippen LogP contribution in [0.15, 0.2) is 72.8 Å². The van der Waals surface area contributed by atoms with Crippen LogP contribution in [0.4, 0.5) is 0 Å². The zero-order valence-corrected chi connectivity index (χ0v) is 16.0. The number of fused-ring (bicyclic) bond motifs is 6. The van der Waals surface area contributed by atoms with Crippen LogP contribution in [0.1, 0.15) is 0 Å². The van der Waals surface area contributed by atoms with E-state index in [1.807, 2.05) is 0 Å². The van der Waals surface area contributed by atoms with Gasteiger partial charge in [-0.15, -0.1) is 0 Å². The molecule has 28 heavy (non-hydrogen) atoms. The molecule has 0 N–H and O–H groups in total. The van der Waals surface area contributed by atoms with Crippen molar-refractivity contribution in [2.24, 2.45) is 0 Å². The highest BCUT2D eigenvalue weighted by Crippen LogP contribution is 2.34. The van der Waals surface area contributed by atoms with Gasteiger partial charge in [-0.25, -0.2) is 0 Å². The molecule has 4 heteroatoms. The Hall–Kier alpha value is -2.50. The van der Waals surface area contributed by atoms with Crippen molar-refractivity contribution in [3.63, 3.8) is 0 Å². The summed E-state index contributed by atoms with van der Waals surface area (Å²) in [4.78, 5) is 9.88. The molecule has 4 aliphatic heterocycles. The molecule has 4 aromatic carbocycles. The van der Waals surface area contributed by atoms with Crippen molar-refractivity contribution >= 4 is 32.3 Å². The summed E-state index contributed by atoms with van der Waals surface area (Å²) < 4.78 is 0. The lowest BCUT2D eigenvalue weighted by Gasteiger charge is -2.56. The van der Waals surface area contributed by atoms with Crippen LogP contribution >= 0.6 is 0 Å². The van der Waals surface area contributed by atoms with Gasteiger partial charge in [-0.3, -0.25) is 19.6 Å². The molecule has 0 atom stereocenters. The smallest absolute Gasteiger partial charge is 0.0555 e. The number of rotatable bonds is 0. The highest BCUT2D eigenvalue weighted by Gasteiger charge is 2.36. The third-order valence-corrected chi connectivity index (χ3v) is 6.05. The fourth-order valence-corrected chi connectivity index (χ4v) is 5.09. The predicted octanol–water partition coefficient (Wildman–Crippen LogP) is 4.13. The van der Waals surface area contributed by atoms with E-state index in [1.54, 1.807) is 0 Å². The average molecular weight is 368 g/mol. The Labute approximate surface area is 165 Å². The first kappa shape index (κ1) is 16.5. The molecule has 4 aliphatic rings. The van der Waals surface area contributed by atoms with Gasteiger partial charge < -0.3 is 0 Å². The van der Waals surface area contributed by atoms with E-state index in [-0.39, 0.29) is 0 Å². The lowest BCUT2D eigenvalue weighted by Crippen LogP contribution is -2.71. The molecular weight excluding hydrogens is 344 g/mol. The van der Waals surface area contributed by atoms with Crippen LogP contribution in [0.5, 0.6) is 0 Å². The van der Waals surface area contributed by atoms with Gasteiger partial charge in [0.15, 0.2) is 0 Å². The maximum Gasteiger partial charge on any atom is 0.0555 e. The Kier molecular flexibility index (Phi) is 3.84. The summed E-state index contributed by atoms with van der Waals surface area (Å²) in [5.41, 5.74) is 0. The van der Waals surface area contributed by atoms with Gasteiger partial charge in [-0.05, 0) is 32.3 Å². The summed E-state index contributed by atoms with van der Waals surface area (Å²) in [5, 5.41) is 8.04. The molecule has 0 unspecified atom stereocenters. The van der Waals surface area contributed by atoms with Crippen LogP contribution in [0.25, 0.3) is 32.3 Å². The van der Waals surface area contributed by atoms with E-state index in [9.17, 15) is 0 Å². The number of nitrogens with zero attached hydrogens (tertiary/aromatic N) is 4. The van der Waals surface area contributed by atoms with Gasteiger partial charge in [0, 0.05) is 0 Å². The lowest BCUT2D eigenvalue weighted by molar-refractivity contribution is -0.194. The molecule has 4 nitrogen and oxygen atoms in total. The van der Waals surface area contributed by atoms with E-state index in [0.29, 0.717) is 0 Å². The summed E-state index contributed by atoms with van der Waals surface area (Å²) in [5.74, 6) is 0. The summed E-state index contributed by atoms with van der Waals surface area (Å²) in [6, 6.07) is 26.0. The zero-order valence-electron chi connectivity index (χ0n) is 16.0. The quantitative estimate of drug-likeness (QED) is 0.433. The van der Waals surface area contributed by atoms with E-state index < -0.39 is 0 Å². The largest absolute Gasteiger partial charge is 0.264 e. The Morgan fingerprint density at radius 2 is 0.500 bits per heavy atom. The van der Waals surface area contributed by atoms with Crippen LogP contribution in [0.2, 0.25) is 0 Å². The van der Waals surface area contributed by atoms with Crippen molar-refractivity contribution in [3.05, 3.63) is 72.8 Å². The fraction of sp³-hybridized carbons (Fsp3) is 0.250. The fourth-order valence-electron chi connectivity index (χ4n) is 5.09. The van der Waals surface area contributed by atoms with Crippen molar-refractivity contribution in [2.45, 2.75) is 0 Å². The van der Waals surface area contributed by atoms with E-state index in [0.717, 1.165) is 0 Å². The molecule has 4 saturated heterocycles. The first-order valence-electron chi connectivity index (χ1n) is 10.0. The zero-order chi connectivity index (χ0) is 18.5. The minimum atomic E-state index is 1.19. The first-order chi connectivity index (χ1) is 13.8. The highest BCUT2D eigenvalue weighted by atomic mass is 15.7. The average Bonchev–Trinajstić information content (AvgIpc) is 2.74. The molecule has 0 amide bonds. The predicted molar refractivity (Wildman–Crippen MR) is 116 cm³/mol.